The number of nitrogens with two attached hydrogens (primary N) is 1. The van der Waals surface area contributed by atoms with Gasteiger partial charge in [0.05, 0.1) is 22.9 Å². The van der Waals surface area contributed by atoms with E-state index >= 15 is 0 Å². The number of hydrogen-bond acceptors (Lipinski definition) is 7. The van der Waals surface area contributed by atoms with E-state index in [1.165, 1.54) is 24.4 Å². The van der Waals surface area contributed by atoms with Gasteiger partial charge in [-0.05, 0) is 54.4 Å². The van der Waals surface area contributed by atoms with Crippen molar-refractivity contribution in [2.45, 2.75) is 19.5 Å². The molecule has 0 fully saturated rings. The van der Waals surface area contributed by atoms with Crippen LogP contribution < -0.4 is 16.4 Å². The van der Waals surface area contributed by atoms with Crippen LogP contribution in [0.15, 0.2) is 73.2 Å². The van der Waals surface area contributed by atoms with Crippen molar-refractivity contribution in [3.63, 3.8) is 0 Å². The molecule has 1 atom stereocenters. The number of nitrogens with zero attached hydrogens (tertiary/aromatic N) is 4. The fourth-order valence-electron chi connectivity index (χ4n) is 3.39. The summed E-state index contributed by atoms with van der Waals surface area (Å²) in [5.41, 5.74) is 9.35. The summed E-state index contributed by atoms with van der Waals surface area (Å²) in [6.07, 6.45) is 4.78. The van der Waals surface area contributed by atoms with Crippen LogP contribution in [0.25, 0.3) is 11.3 Å². The second kappa shape index (κ2) is 10.4. The number of nitrogens with one attached hydrogen (secondary N) is 2. The summed E-state index contributed by atoms with van der Waals surface area (Å²) < 4.78 is 13.2. The van der Waals surface area contributed by atoms with E-state index in [0.29, 0.717) is 18.2 Å². The Bertz CT molecular complexity index is 1370. The molecule has 0 unspecified atom stereocenters. The fourth-order valence-corrected chi connectivity index (χ4v) is 3.39. The number of nitrogen functional groups attached to an aromatic ring is 1. The third kappa shape index (κ3) is 5.75. The first-order valence-corrected chi connectivity index (χ1v) is 10.8. The van der Waals surface area contributed by atoms with Crippen LogP contribution >= 0.6 is 0 Å². The van der Waals surface area contributed by atoms with E-state index in [4.69, 9.17) is 5.73 Å². The molecule has 3 heterocycles. The lowest BCUT2D eigenvalue weighted by Gasteiger charge is -2.16. The van der Waals surface area contributed by atoms with E-state index in [0.717, 1.165) is 22.4 Å². The third-order valence-electron chi connectivity index (χ3n) is 5.35. The highest BCUT2D eigenvalue weighted by Crippen LogP contribution is 2.20. The van der Waals surface area contributed by atoms with Gasteiger partial charge in [-0.3, -0.25) is 9.78 Å². The smallest absolute Gasteiger partial charge is 0.255 e. The Kier molecular flexibility index (Phi) is 6.93. The number of pyridine rings is 3. The molecular weight excluding hydrogens is 445 g/mol. The topological polar surface area (TPSA) is 130 Å². The summed E-state index contributed by atoms with van der Waals surface area (Å²) in [7, 11) is 0. The van der Waals surface area contributed by atoms with Crippen LogP contribution in [-0.2, 0) is 6.54 Å². The van der Waals surface area contributed by atoms with Gasteiger partial charge < -0.3 is 16.4 Å². The molecule has 1 aromatic carbocycles. The molecule has 4 rings (SSSR count). The van der Waals surface area contributed by atoms with Crippen molar-refractivity contribution in [1.29, 1.82) is 5.26 Å². The standard InChI is InChI=1S/C26H22FN7O/c1-16(19-3-6-21(27)7-4-19)34-26(35)22-10-18(11-28)14-33-25(22)32-13-17-2-8-23(30-12-17)20-5-9-24(29)31-15-20/h2-10,12,14-16H,13H2,1H3,(H2,29,31)(H,32,33)(H,34,35)/t16-/m0/s1. The minimum Gasteiger partial charge on any atom is -0.384 e. The van der Waals surface area contributed by atoms with Gasteiger partial charge in [-0.1, -0.05) is 18.2 Å². The summed E-state index contributed by atoms with van der Waals surface area (Å²) in [4.78, 5) is 25.8. The summed E-state index contributed by atoms with van der Waals surface area (Å²) in [6, 6.07) is 16.4. The molecule has 0 aliphatic rings. The van der Waals surface area contributed by atoms with Gasteiger partial charge in [-0.2, -0.15) is 5.26 Å². The highest BCUT2D eigenvalue weighted by Gasteiger charge is 2.17. The average molecular weight is 468 g/mol. The molecule has 0 radical (unpaired) electrons. The molecule has 0 saturated heterocycles. The number of benzene rings is 1. The number of carbonyl (C=O) groups excluding carboxylic acids is 1. The minimum atomic E-state index is -0.404. The number of amides is 1. The maximum atomic E-state index is 13.2. The van der Waals surface area contributed by atoms with Crippen molar-refractivity contribution in [2.24, 2.45) is 0 Å². The van der Waals surface area contributed by atoms with E-state index in [1.807, 2.05) is 24.3 Å². The lowest BCUT2D eigenvalue weighted by molar-refractivity contribution is 0.0940. The summed E-state index contributed by atoms with van der Waals surface area (Å²) in [5.74, 6) is 0.0200. The van der Waals surface area contributed by atoms with Gasteiger partial charge in [0.15, 0.2) is 0 Å². The third-order valence-corrected chi connectivity index (χ3v) is 5.35. The first kappa shape index (κ1) is 23.3. The second-order valence-corrected chi connectivity index (χ2v) is 7.86. The van der Waals surface area contributed by atoms with Gasteiger partial charge in [-0.15, -0.1) is 0 Å². The molecule has 0 aliphatic carbocycles. The zero-order chi connectivity index (χ0) is 24.8. The summed E-state index contributed by atoms with van der Waals surface area (Å²) >= 11 is 0. The molecule has 0 bridgehead atoms. The molecule has 35 heavy (non-hydrogen) atoms. The zero-order valence-corrected chi connectivity index (χ0v) is 18.9. The van der Waals surface area contributed by atoms with Crippen LogP contribution in [0, 0.1) is 17.1 Å². The van der Waals surface area contributed by atoms with Crippen molar-refractivity contribution >= 4 is 17.5 Å². The van der Waals surface area contributed by atoms with E-state index in [1.54, 1.807) is 37.5 Å². The summed E-state index contributed by atoms with van der Waals surface area (Å²) in [6.45, 7) is 2.16. The van der Waals surface area contributed by atoms with Gasteiger partial charge in [-0.25, -0.2) is 14.4 Å². The minimum absolute atomic E-state index is 0.232. The van der Waals surface area contributed by atoms with Crippen LogP contribution in [-0.4, -0.2) is 20.9 Å². The Labute approximate surface area is 201 Å². The molecule has 0 aliphatic heterocycles. The number of aromatic nitrogens is 3. The van der Waals surface area contributed by atoms with E-state index in [9.17, 15) is 14.4 Å². The monoisotopic (exact) mass is 467 g/mol. The van der Waals surface area contributed by atoms with Crippen LogP contribution in [0.4, 0.5) is 16.0 Å². The Hall–Kier alpha value is -4.84. The van der Waals surface area contributed by atoms with Crippen LogP contribution in [0.3, 0.4) is 0 Å². The van der Waals surface area contributed by atoms with Gasteiger partial charge in [0, 0.05) is 30.7 Å². The molecule has 9 heteroatoms. The Morgan fingerprint density at radius 2 is 1.86 bits per heavy atom. The normalized spacial score (nSPS) is 11.3. The van der Waals surface area contributed by atoms with Crippen LogP contribution in [0.5, 0.6) is 0 Å². The number of anilines is 2. The predicted molar refractivity (Wildman–Crippen MR) is 130 cm³/mol. The van der Waals surface area contributed by atoms with Crippen molar-refractivity contribution in [2.75, 3.05) is 11.1 Å². The predicted octanol–water partition coefficient (Wildman–Crippen LogP) is 4.23. The molecule has 8 nitrogen and oxygen atoms in total. The lowest BCUT2D eigenvalue weighted by atomic mass is 10.1. The maximum absolute atomic E-state index is 13.2. The van der Waals surface area contributed by atoms with E-state index < -0.39 is 5.91 Å². The number of carbonyl (C=O) groups is 1. The summed E-state index contributed by atoms with van der Waals surface area (Å²) in [5, 5.41) is 15.3. The van der Waals surface area contributed by atoms with Crippen molar-refractivity contribution in [1.82, 2.24) is 20.3 Å². The quantitative estimate of drug-likeness (QED) is 0.371. The van der Waals surface area contributed by atoms with Crippen molar-refractivity contribution in [3.8, 4) is 17.3 Å². The van der Waals surface area contributed by atoms with Crippen LogP contribution in [0.1, 0.15) is 40.0 Å². The Morgan fingerprint density at radius 1 is 1.06 bits per heavy atom. The largest absolute Gasteiger partial charge is 0.384 e. The van der Waals surface area contributed by atoms with Crippen molar-refractivity contribution in [3.05, 3.63) is 101 Å². The van der Waals surface area contributed by atoms with E-state index in [2.05, 4.69) is 25.6 Å². The molecule has 4 aromatic rings. The first-order chi connectivity index (χ1) is 16.9. The Morgan fingerprint density at radius 3 is 2.51 bits per heavy atom. The second-order valence-electron chi connectivity index (χ2n) is 7.86. The molecule has 3 aromatic heterocycles. The highest BCUT2D eigenvalue weighted by atomic mass is 19.1. The highest BCUT2D eigenvalue weighted by molar-refractivity contribution is 5.99. The first-order valence-electron chi connectivity index (χ1n) is 10.8. The molecule has 1 amide bonds. The number of halogens is 1. The molecule has 0 spiro atoms. The van der Waals surface area contributed by atoms with Crippen molar-refractivity contribution < 1.29 is 9.18 Å². The van der Waals surface area contributed by atoms with Gasteiger partial charge >= 0.3 is 0 Å². The zero-order valence-electron chi connectivity index (χ0n) is 18.9. The molecular formula is C26H22FN7O. The van der Waals surface area contributed by atoms with Gasteiger partial charge in [0.2, 0.25) is 0 Å². The van der Waals surface area contributed by atoms with Gasteiger partial charge in [0.1, 0.15) is 23.5 Å². The SMILES string of the molecule is C[C@H](NC(=O)c1cc(C#N)cnc1NCc1ccc(-c2ccc(N)nc2)nc1)c1ccc(F)cc1. The molecule has 0 saturated carbocycles. The van der Waals surface area contributed by atoms with Gasteiger partial charge in [0.25, 0.3) is 5.91 Å². The Balaban J connectivity index is 1.48. The maximum Gasteiger partial charge on any atom is 0.255 e. The number of rotatable bonds is 7. The van der Waals surface area contributed by atoms with E-state index in [-0.39, 0.29) is 23.0 Å². The average Bonchev–Trinajstić information content (AvgIpc) is 2.88. The number of nitriles is 1. The lowest BCUT2D eigenvalue weighted by Crippen LogP contribution is -2.28. The fraction of sp³-hybridized carbons (Fsp3) is 0.115. The van der Waals surface area contributed by atoms with Crippen LogP contribution in [0.2, 0.25) is 0 Å². The number of hydrogen-bond donors (Lipinski definition) is 3. The molecule has 174 valence electrons. The molecule has 4 N–H and O–H groups in total.